The second kappa shape index (κ2) is 10.1. The maximum Gasteiger partial charge on any atom is 0.361 e. The van der Waals surface area contributed by atoms with Crippen LogP contribution in [0.5, 0.6) is 0 Å². The number of benzene rings is 1. The third-order valence-corrected chi connectivity index (χ3v) is 6.07. The molecule has 114 valence electrons. The van der Waals surface area contributed by atoms with Crippen LogP contribution in [0.25, 0.3) is 0 Å². The van der Waals surface area contributed by atoms with Crippen LogP contribution < -0.4 is 5.30 Å². The fourth-order valence-corrected chi connectivity index (χ4v) is 3.67. The van der Waals surface area contributed by atoms with E-state index in [-0.39, 0.29) is 7.47 Å². The summed E-state index contributed by atoms with van der Waals surface area (Å²) in [5.41, 5.74) is 0. The topological polar surface area (TPSA) is 35.5 Å². The van der Waals surface area contributed by atoms with Gasteiger partial charge in [0.15, 0.2) is 0 Å². The standard InChI is InChI=1S/C12H15Br4O3P/c13-11(14)6-8-18-20(17,19-9-7-12(15)16)10-4-2-1-3-5-10/h1-5,11-12H,6-9H2. The SMILES string of the molecule is O=P(OCCC(Br)Br)(OCCC(Br)Br)c1ccccc1. The molecule has 0 radical (unpaired) electrons. The molecule has 0 saturated carbocycles. The molecule has 0 unspecified atom stereocenters. The van der Waals surface area contributed by atoms with E-state index in [1.165, 1.54) is 0 Å². The Bertz CT molecular complexity index is 410. The van der Waals surface area contributed by atoms with Crippen LogP contribution >= 0.6 is 71.3 Å². The summed E-state index contributed by atoms with van der Waals surface area (Å²) in [6, 6.07) is 9.04. The first-order valence-corrected chi connectivity index (χ1v) is 11.2. The molecular weight excluding hydrogens is 543 g/mol. The molecule has 0 atom stereocenters. The van der Waals surface area contributed by atoms with E-state index in [2.05, 4.69) is 63.7 Å². The Morgan fingerprint density at radius 2 is 1.35 bits per heavy atom. The van der Waals surface area contributed by atoms with Gasteiger partial charge in [-0.05, 0) is 25.0 Å². The Kier molecular flexibility index (Phi) is 9.80. The summed E-state index contributed by atoms with van der Waals surface area (Å²) in [5, 5.41) is 0.585. The lowest BCUT2D eigenvalue weighted by molar-refractivity contribution is 0.213. The molecule has 8 heteroatoms. The van der Waals surface area contributed by atoms with Crippen LogP contribution in [0.2, 0.25) is 0 Å². The molecule has 0 spiro atoms. The molecule has 1 aromatic rings. The van der Waals surface area contributed by atoms with Gasteiger partial charge < -0.3 is 9.05 Å². The van der Waals surface area contributed by atoms with Crippen molar-refractivity contribution in [3.8, 4) is 0 Å². The van der Waals surface area contributed by atoms with E-state index in [0.717, 1.165) is 0 Å². The lowest BCUT2D eigenvalue weighted by atomic mass is 10.4. The smallest absolute Gasteiger partial charge is 0.305 e. The zero-order valence-electron chi connectivity index (χ0n) is 10.6. The molecule has 0 aliphatic heterocycles. The van der Waals surface area contributed by atoms with Crippen LogP contribution in [0.3, 0.4) is 0 Å². The number of rotatable bonds is 9. The summed E-state index contributed by atoms with van der Waals surface area (Å²) in [4.78, 5) is 0. The van der Waals surface area contributed by atoms with Gasteiger partial charge >= 0.3 is 7.60 Å². The molecule has 0 aliphatic rings. The number of hydrogen-bond acceptors (Lipinski definition) is 3. The van der Waals surface area contributed by atoms with Crippen molar-refractivity contribution < 1.29 is 13.6 Å². The highest BCUT2D eigenvalue weighted by atomic mass is 79.9. The molecule has 0 aliphatic carbocycles. The molecule has 0 heterocycles. The zero-order chi connectivity index (χ0) is 15.0. The van der Waals surface area contributed by atoms with Crippen molar-refractivity contribution in [1.82, 2.24) is 0 Å². The molecule has 20 heavy (non-hydrogen) atoms. The second-order valence-corrected chi connectivity index (χ2v) is 12.8. The Balaban J connectivity index is 2.70. The molecule has 0 saturated heterocycles. The Hall–Kier alpha value is 1.29. The van der Waals surface area contributed by atoms with Crippen molar-refractivity contribution in [2.24, 2.45) is 0 Å². The first-order chi connectivity index (χ1) is 9.44. The number of halogens is 4. The maximum absolute atomic E-state index is 12.9. The van der Waals surface area contributed by atoms with Crippen molar-refractivity contribution in [3.63, 3.8) is 0 Å². The van der Waals surface area contributed by atoms with Crippen LogP contribution in [0, 0.1) is 0 Å². The first kappa shape index (κ1) is 19.3. The molecule has 0 amide bonds. The molecule has 1 aromatic carbocycles. The van der Waals surface area contributed by atoms with Gasteiger partial charge in [0.25, 0.3) is 0 Å². The van der Waals surface area contributed by atoms with Crippen molar-refractivity contribution in [2.45, 2.75) is 20.3 Å². The largest absolute Gasteiger partial charge is 0.361 e. The fourth-order valence-electron chi connectivity index (χ4n) is 1.32. The van der Waals surface area contributed by atoms with Crippen molar-refractivity contribution >= 4 is 76.6 Å². The van der Waals surface area contributed by atoms with Crippen LogP contribution in [0.15, 0.2) is 30.3 Å². The molecule has 0 N–H and O–H groups in total. The van der Waals surface area contributed by atoms with E-state index >= 15 is 0 Å². The van der Waals surface area contributed by atoms with Crippen LogP contribution in [0.1, 0.15) is 12.8 Å². The molecular formula is C12H15Br4O3P. The monoisotopic (exact) mass is 554 g/mol. The van der Waals surface area contributed by atoms with Gasteiger partial charge in [0, 0.05) is 0 Å². The molecule has 1 rings (SSSR count). The number of alkyl halides is 4. The van der Waals surface area contributed by atoms with E-state index in [1.54, 1.807) is 12.1 Å². The summed E-state index contributed by atoms with van der Waals surface area (Å²) in [6.45, 7) is 0.693. The summed E-state index contributed by atoms with van der Waals surface area (Å²) < 4.78 is 24.2. The predicted octanol–water partition coefficient (Wildman–Crippen LogP) is 5.55. The van der Waals surface area contributed by atoms with Gasteiger partial charge in [0.1, 0.15) is 0 Å². The van der Waals surface area contributed by atoms with Gasteiger partial charge in [-0.3, -0.25) is 4.57 Å². The predicted molar refractivity (Wildman–Crippen MR) is 98.1 cm³/mol. The van der Waals surface area contributed by atoms with Gasteiger partial charge in [0.2, 0.25) is 0 Å². The molecule has 3 nitrogen and oxygen atoms in total. The van der Waals surface area contributed by atoms with E-state index < -0.39 is 7.60 Å². The van der Waals surface area contributed by atoms with Gasteiger partial charge in [-0.2, -0.15) is 0 Å². The summed E-state index contributed by atoms with van der Waals surface area (Å²) in [7, 11) is -3.27. The third kappa shape index (κ3) is 7.52. The lowest BCUT2D eigenvalue weighted by Crippen LogP contribution is -2.12. The minimum atomic E-state index is -3.27. The first-order valence-electron chi connectivity index (χ1n) is 5.95. The molecule has 0 bridgehead atoms. The minimum absolute atomic E-state index is 0.133. The van der Waals surface area contributed by atoms with E-state index in [0.29, 0.717) is 31.4 Å². The quantitative estimate of drug-likeness (QED) is 0.295. The van der Waals surface area contributed by atoms with Crippen LogP contribution in [0.4, 0.5) is 0 Å². The van der Waals surface area contributed by atoms with E-state index in [4.69, 9.17) is 9.05 Å². The lowest BCUT2D eigenvalue weighted by Gasteiger charge is -2.19. The highest BCUT2D eigenvalue weighted by Crippen LogP contribution is 2.47. The van der Waals surface area contributed by atoms with Gasteiger partial charge in [-0.25, -0.2) is 0 Å². The van der Waals surface area contributed by atoms with E-state index in [1.807, 2.05) is 18.2 Å². The average molecular weight is 558 g/mol. The zero-order valence-corrected chi connectivity index (χ0v) is 17.8. The van der Waals surface area contributed by atoms with Gasteiger partial charge in [-0.1, -0.05) is 81.9 Å². The van der Waals surface area contributed by atoms with Crippen LogP contribution in [-0.2, 0) is 13.6 Å². The van der Waals surface area contributed by atoms with Gasteiger partial charge in [-0.15, -0.1) is 0 Å². The summed E-state index contributed by atoms with van der Waals surface area (Å²) in [5.74, 6) is 0. The minimum Gasteiger partial charge on any atom is -0.305 e. The Morgan fingerprint density at radius 1 is 0.900 bits per heavy atom. The van der Waals surface area contributed by atoms with Crippen LogP contribution in [-0.4, -0.2) is 20.7 Å². The summed E-state index contributed by atoms with van der Waals surface area (Å²) >= 11 is 13.5. The van der Waals surface area contributed by atoms with Crippen molar-refractivity contribution in [3.05, 3.63) is 30.3 Å². The Labute approximate surface area is 153 Å². The molecule has 0 fully saturated rings. The Morgan fingerprint density at radius 3 is 1.75 bits per heavy atom. The van der Waals surface area contributed by atoms with Crippen molar-refractivity contribution in [1.29, 1.82) is 0 Å². The van der Waals surface area contributed by atoms with Gasteiger partial charge in [0.05, 0.1) is 26.0 Å². The maximum atomic E-state index is 12.9. The highest BCUT2D eigenvalue weighted by Gasteiger charge is 2.27. The van der Waals surface area contributed by atoms with Crippen molar-refractivity contribution in [2.75, 3.05) is 13.2 Å². The second-order valence-electron chi connectivity index (χ2n) is 3.86. The number of hydrogen-bond donors (Lipinski definition) is 0. The van der Waals surface area contributed by atoms with E-state index in [9.17, 15) is 4.57 Å². The fraction of sp³-hybridized carbons (Fsp3) is 0.500. The average Bonchev–Trinajstić information content (AvgIpc) is 2.39. The molecule has 0 aromatic heterocycles. The highest BCUT2D eigenvalue weighted by molar-refractivity contribution is 9.25. The summed E-state index contributed by atoms with van der Waals surface area (Å²) in [6.07, 6.45) is 1.39. The normalized spacial score (nSPS) is 12.3. The third-order valence-electron chi connectivity index (χ3n) is 2.27.